The number of fused-ring (bicyclic) bond motifs is 2. The van der Waals surface area contributed by atoms with Gasteiger partial charge in [0.25, 0.3) is 5.91 Å². The maximum Gasteiger partial charge on any atom is 0.259 e. The number of carbonyl (C=O) groups is 1. The number of nitrogens with two attached hydrogens (primary N) is 1. The fourth-order valence-corrected chi connectivity index (χ4v) is 5.31. The van der Waals surface area contributed by atoms with E-state index in [1.807, 2.05) is 68.0 Å². The van der Waals surface area contributed by atoms with Crippen molar-refractivity contribution >= 4 is 45.3 Å². The van der Waals surface area contributed by atoms with Crippen LogP contribution >= 0.6 is 11.3 Å². The Morgan fingerprint density at radius 3 is 2.84 bits per heavy atom. The first-order valence-electron chi connectivity index (χ1n) is 12.1. The molecule has 188 valence electrons. The average Bonchev–Trinajstić information content (AvgIpc) is 3.62. The molecule has 1 amide bonds. The number of aryl methyl sites for hydroxylation is 1. The summed E-state index contributed by atoms with van der Waals surface area (Å²) in [5, 5.41) is 16.9. The smallest absolute Gasteiger partial charge is 0.259 e. The summed E-state index contributed by atoms with van der Waals surface area (Å²) >= 11 is 1.57. The lowest BCUT2D eigenvalue weighted by Crippen LogP contribution is -2.28. The van der Waals surface area contributed by atoms with Gasteiger partial charge in [0.2, 0.25) is 0 Å². The van der Waals surface area contributed by atoms with E-state index in [1.54, 1.807) is 26.9 Å². The van der Waals surface area contributed by atoms with Gasteiger partial charge in [-0.1, -0.05) is 36.3 Å². The van der Waals surface area contributed by atoms with E-state index in [-0.39, 0.29) is 17.8 Å². The molecule has 5 heterocycles. The fourth-order valence-electron chi connectivity index (χ4n) is 4.44. The second kappa shape index (κ2) is 9.53. The lowest BCUT2D eigenvalue weighted by atomic mass is 9.99. The molecule has 0 fully saturated rings. The van der Waals surface area contributed by atoms with E-state index < -0.39 is 0 Å². The average molecular weight is 521 g/mol. The summed E-state index contributed by atoms with van der Waals surface area (Å²) in [5.74, 6) is 6.81. The molecule has 6 rings (SSSR count). The monoisotopic (exact) mass is 520 g/mol. The van der Waals surface area contributed by atoms with Crippen LogP contribution in [0.5, 0.6) is 0 Å². The third-order valence-corrected chi connectivity index (χ3v) is 7.19. The minimum atomic E-state index is -0.353. The summed E-state index contributed by atoms with van der Waals surface area (Å²) in [4.78, 5) is 18.4. The Labute approximate surface area is 223 Å². The minimum Gasteiger partial charge on any atom is -0.381 e. The van der Waals surface area contributed by atoms with E-state index in [9.17, 15) is 4.79 Å². The number of carbonyl (C=O) groups excluding carboxylic acids is 1. The summed E-state index contributed by atoms with van der Waals surface area (Å²) < 4.78 is 4.30. The number of hydrogen-bond acceptors (Lipinski definition) is 7. The lowest BCUT2D eigenvalue weighted by Gasteiger charge is -2.19. The van der Waals surface area contributed by atoms with Crippen molar-refractivity contribution in [1.82, 2.24) is 29.9 Å². The first kappa shape index (κ1) is 23.5. The zero-order valence-corrected chi connectivity index (χ0v) is 21.6. The van der Waals surface area contributed by atoms with Crippen molar-refractivity contribution in [2.75, 3.05) is 17.6 Å². The molecule has 38 heavy (non-hydrogen) atoms. The van der Waals surface area contributed by atoms with E-state index in [2.05, 4.69) is 38.7 Å². The largest absolute Gasteiger partial charge is 0.381 e. The number of anilines is 2. The standard InChI is InChI=1S/C28H24N8OS/c1-17(31-28(37)23-26(29)34-36-13-6-12-30-27(23)36)21-15-22-25(32-24(21)18-7-4-3-5-8-18)19(16-38-22)9-10-20-11-14-35(2)33-20/h3-8,11,13-17,30H,12H2,1-2H3,(H2,29,34)(H,31,37). The van der Waals surface area contributed by atoms with Crippen LogP contribution in [-0.4, -0.2) is 37.0 Å². The van der Waals surface area contributed by atoms with E-state index in [1.165, 1.54) is 0 Å². The van der Waals surface area contributed by atoms with Crippen LogP contribution in [0.4, 0.5) is 11.6 Å². The van der Waals surface area contributed by atoms with Crippen LogP contribution in [0, 0.1) is 11.8 Å². The third-order valence-electron chi connectivity index (χ3n) is 6.27. The molecule has 0 saturated carbocycles. The van der Waals surface area contributed by atoms with Gasteiger partial charge in [0.1, 0.15) is 17.1 Å². The Balaban J connectivity index is 1.39. The molecule has 0 spiro atoms. The highest BCUT2D eigenvalue weighted by molar-refractivity contribution is 7.17. The number of amides is 1. The Morgan fingerprint density at radius 2 is 2.05 bits per heavy atom. The van der Waals surface area contributed by atoms with E-state index in [0.717, 1.165) is 32.6 Å². The number of aromatic nitrogens is 5. The van der Waals surface area contributed by atoms with Gasteiger partial charge in [0.15, 0.2) is 5.82 Å². The number of pyridine rings is 1. The molecular formula is C28H24N8OS. The van der Waals surface area contributed by atoms with Crippen LogP contribution in [0.15, 0.2) is 60.1 Å². The zero-order chi connectivity index (χ0) is 26.2. The van der Waals surface area contributed by atoms with Gasteiger partial charge in [-0.25, -0.2) is 9.67 Å². The third kappa shape index (κ3) is 4.29. The number of nitrogens with one attached hydrogen (secondary N) is 2. The highest BCUT2D eigenvalue weighted by Crippen LogP contribution is 2.34. The van der Waals surface area contributed by atoms with Crippen molar-refractivity contribution in [2.45, 2.75) is 13.0 Å². The quantitative estimate of drug-likeness (QED) is 0.305. The summed E-state index contributed by atoms with van der Waals surface area (Å²) in [5.41, 5.74) is 11.5. The summed E-state index contributed by atoms with van der Waals surface area (Å²) in [6, 6.07) is 13.6. The van der Waals surface area contributed by atoms with Gasteiger partial charge in [-0.15, -0.1) is 16.4 Å². The minimum absolute atomic E-state index is 0.176. The molecule has 4 N–H and O–H groups in total. The van der Waals surface area contributed by atoms with Gasteiger partial charge in [0.05, 0.1) is 27.5 Å². The van der Waals surface area contributed by atoms with Crippen molar-refractivity contribution in [1.29, 1.82) is 0 Å². The Hall–Kier alpha value is -4.88. The summed E-state index contributed by atoms with van der Waals surface area (Å²) in [7, 11) is 1.87. The molecule has 1 aromatic carbocycles. The van der Waals surface area contributed by atoms with Gasteiger partial charge in [0, 0.05) is 42.5 Å². The summed E-state index contributed by atoms with van der Waals surface area (Å²) in [6.07, 6.45) is 5.57. The first-order chi connectivity index (χ1) is 18.5. The maximum atomic E-state index is 13.4. The Kier molecular flexibility index (Phi) is 5.90. The van der Waals surface area contributed by atoms with Gasteiger partial charge >= 0.3 is 0 Å². The number of rotatable bonds is 4. The molecule has 10 heteroatoms. The molecule has 0 radical (unpaired) electrons. The molecule has 1 unspecified atom stereocenters. The van der Waals surface area contributed by atoms with Crippen LogP contribution in [0.2, 0.25) is 0 Å². The van der Waals surface area contributed by atoms with Crippen LogP contribution in [0.25, 0.3) is 27.7 Å². The Bertz CT molecular complexity index is 1770. The fraction of sp³-hybridized carbons (Fsp3) is 0.143. The van der Waals surface area contributed by atoms with E-state index in [0.29, 0.717) is 23.6 Å². The van der Waals surface area contributed by atoms with Crippen molar-refractivity contribution in [3.8, 4) is 23.1 Å². The van der Waals surface area contributed by atoms with Crippen molar-refractivity contribution < 1.29 is 4.79 Å². The molecule has 1 aliphatic rings. The molecule has 0 saturated heterocycles. The highest BCUT2D eigenvalue weighted by Gasteiger charge is 2.25. The number of hydrogen-bond donors (Lipinski definition) is 3. The molecule has 0 aliphatic carbocycles. The van der Waals surface area contributed by atoms with Gasteiger partial charge in [-0.05, 0) is 31.1 Å². The maximum absolute atomic E-state index is 13.4. The summed E-state index contributed by atoms with van der Waals surface area (Å²) in [6.45, 7) is 2.55. The predicted octanol–water partition coefficient (Wildman–Crippen LogP) is 4.26. The molecule has 1 aliphatic heterocycles. The second-order valence-corrected chi connectivity index (χ2v) is 9.84. The lowest BCUT2D eigenvalue weighted by molar-refractivity contribution is 0.0941. The molecular weight excluding hydrogens is 496 g/mol. The zero-order valence-electron chi connectivity index (χ0n) is 20.8. The van der Waals surface area contributed by atoms with Crippen LogP contribution in [0.1, 0.15) is 40.1 Å². The van der Waals surface area contributed by atoms with Crippen LogP contribution in [0.3, 0.4) is 0 Å². The van der Waals surface area contributed by atoms with Gasteiger partial charge in [-0.2, -0.15) is 5.10 Å². The molecule has 5 aromatic rings. The van der Waals surface area contributed by atoms with E-state index >= 15 is 0 Å². The normalized spacial score (nSPS) is 12.9. The molecule has 9 nitrogen and oxygen atoms in total. The number of nitrogen functional groups attached to an aromatic ring is 1. The van der Waals surface area contributed by atoms with Crippen molar-refractivity contribution in [3.05, 3.63) is 82.5 Å². The van der Waals surface area contributed by atoms with Crippen molar-refractivity contribution in [2.24, 2.45) is 7.05 Å². The van der Waals surface area contributed by atoms with Crippen molar-refractivity contribution in [3.63, 3.8) is 0 Å². The Morgan fingerprint density at radius 1 is 1.21 bits per heavy atom. The number of benzene rings is 1. The SMILES string of the molecule is CC(NC(=O)c1c(N)nn2c1NCC=C2)c1cc2scc(C#Cc3ccn(C)n3)c2nc1-c1ccccc1. The first-order valence-corrected chi connectivity index (χ1v) is 12.9. The highest BCUT2D eigenvalue weighted by atomic mass is 32.1. The molecule has 0 bridgehead atoms. The number of nitrogens with zero attached hydrogens (tertiary/aromatic N) is 5. The topological polar surface area (TPSA) is 116 Å². The predicted molar refractivity (Wildman–Crippen MR) is 151 cm³/mol. The second-order valence-electron chi connectivity index (χ2n) is 8.93. The number of thiophene rings is 1. The van der Waals surface area contributed by atoms with E-state index in [4.69, 9.17) is 10.7 Å². The molecule has 4 aromatic heterocycles. The molecule has 1 atom stereocenters. The van der Waals surface area contributed by atoms with Gasteiger partial charge in [-0.3, -0.25) is 9.48 Å². The van der Waals surface area contributed by atoms with Crippen LogP contribution in [-0.2, 0) is 7.05 Å². The van der Waals surface area contributed by atoms with Crippen LogP contribution < -0.4 is 16.4 Å². The van der Waals surface area contributed by atoms with Gasteiger partial charge < -0.3 is 16.4 Å².